The van der Waals surface area contributed by atoms with Crippen LogP contribution in [0.15, 0.2) is 24.3 Å². The van der Waals surface area contributed by atoms with Gasteiger partial charge < -0.3 is 5.11 Å². The van der Waals surface area contributed by atoms with Crippen molar-refractivity contribution in [2.24, 2.45) is 5.84 Å². The van der Waals surface area contributed by atoms with Crippen LogP contribution in [0.3, 0.4) is 0 Å². The Morgan fingerprint density at radius 3 is 2.26 bits per heavy atom. The maximum absolute atomic E-state index is 12.1. The SMILES string of the molecule is CCCCCCCCC(=O)c1ccc(C[C@H](NN)C(=O)O)cc1. The Morgan fingerprint density at radius 1 is 1.09 bits per heavy atom. The molecule has 0 unspecified atom stereocenters. The molecule has 0 saturated carbocycles. The largest absolute Gasteiger partial charge is 0.480 e. The molecule has 4 N–H and O–H groups in total. The smallest absolute Gasteiger partial charge is 0.322 e. The Morgan fingerprint density at radius 2 is 1.70 bits per heavy atom. The average molecular weight is 320 g/mol. The summed E-state index contributed by atoms with van der Waals surface area (Å²) in [6.07, 6.45) is 7.85. The van der Waals surface area contributed by atoms with Crippen molar-refractivity contribution in [3.05, 3.63) is 35.4 Å². The van der Waals surface area contributed by atoms with Gasteiger partial charge in [-0.3, -0.25) is 15.4 Å². The van der Waals surface area contributed by atoms with Crippen molar-refractivity contribution in [1.29, 1.82) is 0 Å². The molecule has 0 saturated heterocycles. The lowest BCUT2D eigenvalue weighted by Gasteiger charge is -2.11. The molecule has 0 bridgehead atoms. The fraction of sp³-hybridized carbons (Fsp3) is 0.556. The Kier molecular flexibility index (Phi) is 9.17. The van der Waals surface area contributed by atoms with Crippen LogP contribution in [0.25, 0.3) is 0 Å². The number of hydrogen-bond donors (Lipinski definition) is 3. The molecule has 1 aromatic carbocycles. The molecular weight excluding hydrogens is 292 g/mol. The molecule has 0 aliphatic rings. The quantitative estimate of drug-likeness (QED) is 0.238. The van der Waals surface area contributed by atoms with E-state index in [1.165, 1.54) is 25.7 Å². The molecule has 0 aromatic heterocycles. The summed E-state index contributed by atoms with van der Waals surface area (Å²) in [5.74, 6) is 4.37. The van der Waals surface area contributed by atoms with Crippen molar-refractivity contribution in [2.75, 3.05) is 0 Å². The molecule has 0 aliphatic carbocycles. The second-order valence-corrected chi connectivity index (χ2v) is 5.90. The number of hydrogen-bond acceptors (Lipinski definition) is 4. The van der Waals surface area contributed by atoms with Crippen molar-refractivity contribution in [3.63, 3.8) is 0 Å². The van der Waals surface area contributed by atoms with E-state index in [0.29, 0.717) is 12.0 Å². The third-order valence-corrected chi connectivity index (χ3v) is 3.97. The number of carbonyl (C=O) groups is 2. The lowest BCUT2D eigenvalue weighted by atomic mass is 10.00. The standard InChI is InChI=1S/C18H28N2O3/c1-2-3-4-5-6-7-8-17(21)15-11-9-14(10-12-15)13-16(20-19)18(22)23/h9-12,16,20H,2-8,13,19H2,1H3,(H,22,23)/t16-/m0/s1. The first kappa shape index (κ1) is 19.3. The van der Waals surface area contributed by atoms with Crippen molar-refractivity contribution >= 4 is 11.8 Å². The van der Waals surface area contributed by atoms with Gasteiger partial charge >= 0.3 is 5.97 Å². The fourth-order valence-electron chi connectivity index (χ4n) is 2.49. The van der Waals surface area contributed by atoms with E-state index >= 15 is 0 Å². The number of aliphatic carboxylic acids is 1. The molecule has 0 fully saturated rings. The number of benzene rings is 1. The highest BCUT2D eigenvalue weighted by Crippen LogP contribution is 2.13. The fourth-order valence-corrected chi connectivity index (χ4v) is 2.49. The first-order chi connectivity index (χ1) is 11.1. The summed E-state index contributed by atoms with van der Waals surface area (Å²) in [5.41, 5.74) is 3.80. The number of nitrogens with two attached hydrogens (primary N) is 1. The highest BCUT2D eigenvalue weighted by atomic mass is 16.4. The Balaban J connectivity index is 2.40. The predicted molar refractivity (Wildman–Crippen MR) is 91.2 cm³/mol. The van der Waals surface area contributed by atoms with Gasteiger partial charge in [-0.1, -0.05) is 63.3 Å². The van der Waals surface area contributed by atoms with Crippen molar-refractivity contribution in [3.8, 4) is 0 Å². The zero-order chi connectivity index (χ0) is 17.1. The molecule has 1 aromatic rings. The number of ketones is 1. The molecule has 1 atom stereocenters. The topological polar surface area (TPSA) is 92.4 Å². The molecule has 23 heavy (non-hydrogen) atoms. The van der Waals surface area contributed by atoms with Gasteiger partial charge in [-0.15, -0.1) is 0 Å². The van der Waals surface area contributed by atoms with Crippen LogP contribution in [0, 0.1) is 0 Å². The molecule has 128 valence electrons. The van der Waals surface area contributed by atoms with Crippen molar-refractivity contribution in [1.82, 2.24) is 5.43 Å². The van der Waals surface area contributed by atoms with Crippen LogP contribution in [0.1, 0.15) is 67.8 Å². The summed E-state index contributed by atoms with van der Waals surface area (Å²) in [5, 5.41) is 8.96. The molecule has 0 radical (unpaired) electrons. The highest BCUT2D eigenvalue weighted by molar-refractivity contribution is 5.96. The van der Waals surface area contributed by atoms with Crippen molar-refractivity contribution < 1.29 is 14.7 Å². The lowest BCUT2D eigenvalue weighted by Crippen LogP contribution is -2.42. The maximum Gasteiger partial charge on any atom is 0.322 e. The highest BCUT2D eigenvalue weighted by Gasteiger charge is 2.16. The normalized spacial score (nSPS) is 12.1. The third kappa shape index (κ3) is 7.39. The summed E-state index contributed by atoms with van der Waals surface area (Å²) < 4.78 is 0. The van der Waals surface area contributed by atoms with Gasteiger partial charge in [0.15, 0.2) is 5.78 Å². The van der Waals surface area contributed by atoms with Gasteiger partial charge in [-0.2, -0.15) is 0 Å². The number of unbranched alkanes of at least 4 members (excludes halogenated alkanes) is 5. The van der Waals surface area contributed by atoms with Crippen LogP contribution in [0.5, 0.6) is 0 Å². The monoisotopic (exact) mass is 320 g/mol. The minimum absolute atomic E-state index is 0.152. The number of rotatable bonds is 12. The van der Waals surface area contributed by atoms with E-state index < -0.39 is 12.0 Å². The predicted octanol–water partition coefficient (Wildman–Crippen LogP) is 3.08. The molecule has 5 nitrogen and oxygen atoms in total. The van der Waals surface area contributed by atoms with Gasteiger partial charge in [0.2, 0.25) is 0 Å². The lowest BCUT2D eigenvalue weighted by molar-refractivity contribution is -0.139. The van der Waals surface area contributed by atoms with Gasteiger partial charge in [0.05, 0.1) is 0 Å². The maximum atomic E-state index is 12.1. The number of carbonyl (C=O) groups excluding carboxylic acids is 1. The van der Waals surface area contributed by atoms with Gasteiger partial charge in [0, 0.05) is 12.0 Å². The molecule has 0 spiro atoms. The van der Waals surface area contributed by atoms with Gasteiger partial charge in [-0.05, 0) is 18.4 Å². The van der Waals surface area contributed by atoms with Gasteiger partial charge in [0.25, 0.3) is 0 Å². The van der Waals surface area contributed by atoms with Crippen LogP contribution in [0.2, 0.25) is 0 Å². The van der Waals surface area contributed by atoms with E-state index in [-0.39, 0.29) is 12.2 Å². The molecule has 1 rings (SSSR count). The molecule has 0 amide bonds. The summed E-state index contributed by atoms with van der Waals surface area (Å²) in [4.78, 5) is 23.0. The molecule has 0 heterocycles. The molecule has 5 heteroatoms. The Bertz CT molecular complexity index is 486. The van der Waals surface area contributed by atoms with Gasteiger partial charge in [-0.25, -0.2) is 5.43 Å². The summed E-state index contributed by atoms with van der Waals surface area (Å²) >= 11 is 0. The second-order valence-electron chi connectivity index (χ2n) is 5.90. The number of nitrogens with one attached hydrogen (secondary N) is 1. The Labute approximate surface area is 138 Å². The summed E-state index contributed by atoms with van der Waals surface area (Å²) in [7, 11) is 0. The summed E-state index contributed by atoms with van der Waals surface area (Å²) in [6.45, 7) is 2.19. The summed E-state index contributed by atoms with van der Waals surface area (Å²) in [6, 6.07) is 6.30. The Hall–Kier alpha value is -1.72. The first-order valence-electron chi connectivity index (χ1n) is 8.39. The van der Waals surface area contributed by atoms with E-state index in [2.05, 4.69) is 12.3 Å². The second kappa shape index (κ2) is 10.9. The molecule has 0 aliphatic heterocycles. The van der Waals surface area contributed by atoms with E-state index in [0.717, 1.165) is 18.4 Å². The number of Topliss-reactive ketones (excluding diaryl/α,β-unsaturated/α-hetero) is 1. The van der Waals surface area contributed by atoms with Crippen LogP contribution in [-0.2, 0) is 11.2 Å². The molecular formula is C18H28N2O3. The van der Waals surface area contributed by atoms with Crippen LogP contribution < -0.4 is 11.3 Å². The van der Waals surface area contributed by atoms with Crippen molar-refractivity contribution in [2.45, 2.75) is 64.3 Å². The van der Waals surface area contributed by atoms with Crippen LogP contribution in [0.4, 0.5) is 0 Å². The average Bonchev–Trinajstić information content (AvgIpc) is 2.55. The zero-order valence-corrected chi connectivity index (χ0v) is 13.9. The van der Waals surface area contributed by atoms with E-state index in [1.807, 2.05) is 0 Å². The van der Waals surface area contributed by atoms with E-state index in [1.54, 1.807) is 24.3 Å². The third-order valence-electron chi connectivity index (χ3n) is 3.97. The number of carboxylic acid groups (broad SMARTS) is 1. The minimum Gasteiger partial charge on any atom is -0.480 e. The van der Waals surface area contributed by atoms with Crippen LogP contribution >= 0.6 is 0 Å². The first-order valence-corrected chi connectivity index (χ1v) is 8.39. The van der Waals surface area contributed by atoms with Crippen LogP contribution in [-0.4, -0.2) is 22.9 Å². The van der Waals surface area contributed by atoms with E-state index in [9.17, 15) is 9.59 Å². The minimum atomic E-state index is -0.990. The number of carboxylic acids is 1. The van der Waals surface area contributed by atoms with E-state index in [4.69, 9.17) is 10.9 Å². The van der Waals surface area contributed by atoms with Gasteiger partial charge in [0.1, 0.15) is 6.04 Å². The number of hydrazine groups is 1. The zero-order valence-electron chi connectivity index (χ0n) is 13.9.